The molecule has 0 aliphatic heterocycles. The van der Waals surface area contributed by atoms with Crippen LogP contribution in [0.1, 0.15) is 47.1 Å². The number of hydrogen-bond acceptors (Lipinski definition) is 3. The Morgan fingerprint density at radius 1 is 0.962 bits per heavy atom. The first-order valence-electron chi connectivity index (χ1n) is 8.26. The first kappa shape index (κ1) is 19.6. The van der Waals surface area contributed by atoms with E-state index in [1.807, 2.05) is 39.8 Å². The maximum absolute atomic E-state index is 12.3. The van der Waals surface area contributed by atoms with E-state index in [0.717, 1.165) is 5.56 Å². The minimum atomic E-state index is -0.322. The Morgan fingerprint density at radius 2 is 1.65 bits per heavy atom. The Labute approximate surface area is 159 Å². The van der Waals surface area contributed by atoms with Gasteiger partial charge in [0.15, 0.2) is 5.11 Å². The predicted octanol–water partition coefficient (Wildman–Crippen LogP) is 3.65. The van der Waals surface area contributed by atoms with Gasteiger partial charge in [-0.25, -0.2) is 0 Å². The number of amides is 2. The molecule has 3 N–H and O–H groups in total. The van der Waals surface area contributed by atoms with Crippen molar-refractivity contribution in [3.8, 4) is 0 Å². The van der Waals surface area contributed by atoms with E-state index in [1.165, 1.54) is 0 Å². The van der Waals surface area contributed by atoms with Crippen LogP contribution in [0, 0.1) is 6.92 Å². The van der Waals surface area contributed by atoms with Crippen LogP contribution in [0.4, 0.5) is 5.69 Å². The lowest BCUT2D eigenvalue weighted by atomic mass is 10.1. The van der Waals surface area contributed by atoms with Crippen LogP contribution in [-0.4, -0.2) is 22.5 Å². The van der Waals surface area contributed by atoms with Crippen molar-refractivity contribution in [1.82, 2.24) is 10.6 Å². The molecule has 0 saturated carbocycles. The van der Waals surface area contributed by atoms with Gasteiger partial charge in [-0.05, 0) is 69.7 Å². The van der Waals surface area contributed by atoms with Gasteiger partial charge >= 0.3 is 0 Å². The third-order valence-corrected chi connectivity index (χ3v) is 3.69. The number of carbonyl (C=O) groups is 2. The van der Waals surface area contributed by atoms with Crippen LogP contribution in [0.25, 0.3) is 0 Å². The fraction of sp³-hybridized carbons (Fsp3) is 0.250. The maximum atomic E-state index is 12.3. The SMILES string of the molecule is Cc1ccccc1C(=O)NC(=S)Nc1cccc(C(=O)NC(C)(C)C)c1. The summed E-state index contributed by atoms with van der Waals surface area (Å²) in [5.74, 6) is -0.446. The van der Waals surface area contributed by atoms with Gasteiger partial charge in [0.1, 0.15) is 0 Å². The minimum absolute atomic E-state index is 0.170. The third kappa shape index (κ3) is 5.67. The topological polar surface area (TPSA) is 70.2 Å². The van der Waals surface area contributed by atoms with Crippen molar-refractivity contribution in [2.24, 2.45) is 0 Å². The average molecular weight is 369 g/mol. The number of rotatable bonds is 3. The molecule has 0 bridgehead atoms. The molecule has 0 fully saturated rings. The molecule has 26 heavy (non-hydrogen) atoms. The highest BCUT2D eigenvalue weighted by Crippen LogP contribution is 2.12. The Kier molecular flexibility index (Phi) is 6.10. The zero-order valence-electron chi connectivity index (χ0n) is 15.3. The van der Waals surface area contributed by atoms with Crippen LogP contribution in [0.3, 0.4) is 0 Å². The molecule has 0 radical (unpaired) electrons. The molecule has 5 nitrogen and oxygen atoms in total. The molecule has 2 amide bonds. The highest BCUT2D eigenvalue weighted by molar-refractivity contribution is 7.80. The van der Waals surface area contributed by atoms with Gasteiger partial charge in [0.2, 0.25) is 0 Å². The van der Waals surface area contributed by atoms with E-state index in [9.17, 15) is 9.59 Å². The molecule has 6 heteroatoms. The quantitative estimate of drug-likeness (QED) is 0.722. The first-order valence-corrected chi connectivity index (χ1v) is 8.67. The molecule has 0 unspecified atom stereocenters. The zero-order valence-corrected chi connectivity index (χ0v) is 16.2. The van der Waals surface area contributed by atoms with E-state index < -0.39 is 0 Å². The highest BCUT2D eigenvalue weighted by Gasteiger charge is 2.16. The van der Waals surface area contributed by atoms with Crippen LogP contribution >= 0.6 is 12.2 Å². The number of thiocarbonyl (C=S) groups is 1. The van der Waals surface area contributed by atoms with E-state index in [1.54, 1.807) is 36.4 Å². The van der Waals surface area contributed by atoms with Gasteiger partial charge < -0.3 is 10.6 Å². The molecule has 0 aromatic heterocycles. The van der Waals surface area contributed by atoms with E-state index in [4.69, 9.17) is 12.2 Å². The summed E-state index contributed by atoms with van der Waals surface area (Å²) in [5.41, 5.74) is 2.25. The molecule has 136 valence electrons. The monoisotopic (exact) mass is 369 g/mol. The second-order valence-corrected chi connectivity index (χ2v) is 7.42. The summed E-state index contributed by atoms with van der Waals surface area (Å²) in [4.78, 5) is 24.6. The van der Waals surface area contributed by atoms with Crippen molar-refractivity contribution in [3.63, 3.8) is 0 Å². The van der Waals surface area contributed by atoms with Crippen LogP contribution in [0.5, 0.6) is 0 Å². The van der Waals surface area contributed by atoms with Crippen molar-refractivity contribution in [2.75, 3.05) is 5.32 Å². The summed E-state index contributed by atoms with van der Waals surface area (Å²) in [6.45, 7) is 7.62. The van der Waals surface area contributed by atoms with Gasteiger partial charge in [0.05, 0.1) is 0 Å². The van der Waals surface area contributed by atoms with Gasteiger partial charge in [0, 0.05) is 22.4 Å². The first-order chi connectivity index (χ1) is 12.2. The summed E-state index contributed by atoms with van der Waals surface area (Å²) in [6.07, 6.45) is 0. The Morgan fingerprint density at radius 3 is 2.31 bits per heavy atom. The van der Waals surface area contributed by atoms with E-state index >= 15 is 0 Å². The normalized spacial score (nSPS) is 10.8. The third-order valence-electron chi connectivity index (χ3n) is 3.49. The maximum Gasteiger partial charge on any atom is 0.257 e. The summed E-state index contributed by atoms with van der Waals surface area (Å²) >= 11 is 5.21. The summed E-state index contributed by atoms with van der Waals surface area (Å²) in [7, 11) is 0. The molecule has 2 rings (SSSR count). The summed E-state index contributed by atoms with van der Waals surface area (Å²) in [6, 6.07) is 14.2. The van der Waals surface area contributed by atoms with Gasteiger partial charge in [0.25, 0.3) is 11.8 Å². The Bertz CT molecular complexity index is 841. The van der Waals surface area contributed by atoms with Gasteiger partial charge in [-0.2, -0.15) is 0 Å². The standard InChI is InChI=1S/C20H23N3O2S/c1-13-8-5-6-11-16(13)18(25)22-19(26)21-15-10-7-9-14(12-15)17(24)23-20(2,3)4/h5-12H,1-4H3,(H,23,24)(H2,21,22,25,26). The average Bonchev–Trinajstić information content (AvgIpc) is 2.53. The van der Waals surface area contributed by atoms with Crippen LogP contribution in [0.15, 0.2) is 48.5 Å². The molecule has 0 saturated heterocycles. The summed E-state index contributed by atoms with van der Waals surface area (Å²) < 4.78 is 0. The summed E-state index contributed by atoms with van der Waals surface area (Å²) in [5, 5.41) is 8.67. The molecule has 2 aromatic carbocycles. The molecule has 0 heterocycles. The van der Waals surface area contributed by atoms with Gasteiger partial charge in [-0.3, -0.25) is 14.9 Å². The van der Waals surface area contributed by atoms with Crippen molar-refractivity contribution in [2.45, 2.75) is 33.2 Å². The largest absolute Gasteiger partial charge is 0.347 e. The fourth-order valence-electron chi connectivity index (χ4n) is 2.31. The number of anilines is 1. The van der Waals surface area contributed by atoms with Crippen LogP contribution < -0.4 is 16.0 Å². The lowest BCUT2D eigenvalue weighted by molar-refractivity contribution is 0.0918. The Balaban J connectivity index is 2.03. The van der Waals surface area contributed by atoms with Gasteiger partial charge in [-0.15, -0.1) is 0 Å². The van der Waals surface area contributed by atoms with Crippen LogP contribution in [-0.2, 0) is 0 Å². The van der Waals surface area contributed by atoms with Crippen molar-refractivity contribution < 1.29 is 9.59 Å². The van der Waals surface area contributed by atoms with Crippen molar-refractivity contribution in [1.29, 1.82) is 0 Å². The van der Waals surface area contributed by atoms with E-state index in [-0.39, 0.29) is 22.5 Å². The molecule has 2 aromatic rings. The van der Waals surface area contributed by atoms with Crippen molar-refractivity contribution in [3.05, 3.63) is 65.2 Å². The highest BCUT2D eigenvalue weighted by atomic mass is 32.1. The second kappa shape index (κ2) is 8.10. The molecular weight excluding hydrogens is 346 g/mol. The van der Waals surface area contributed by atoms with E-state index in [2.05, 4.69) is 16.0 Å². The minimum Gasteiger partial charge on any atom is -0.347 e. The molecule has 0 aliphatic carbocycles. The Hall–Kier alpha value is -2.73. The second-order valence-electron chi connectivity index (χ2n) is 7.01. The van der Waals surface area contributed by atoms with E-state index in [0.29, 0.717) is 16.8 Å². The number of aryl methyl sites for hydroxylation is 1. The lowest BCUT2D eigenvalue weighted by Gasteiger charge is -2.20. The molecule has 0 aliphatic rings. The fourth-order valence-corrected chi connectivity index (χ4v) is 2.52. The lowest BCUT2D eigenvalue weighted by Crippen LogP contribution is -2.40. The van der Waals surface area contributed by atoms with Crippen molar-refractivity contribution >= 4 is 34.8 Å². The molecule has 0 spiro atoms. The number of hydrogen-bond donors (Lipinski definition) is 3. The smallest absolute Gasteiger partial charge is 0.257 e. The number of carbonyl (C=O) groups excluding carboxylic acids is 2. The van der Waals surface area contributed by atoms with Gasteiger partial charge in [-0.1, -0.05) is 24.3 Å². The van der Waals surface area contributed by atoms with Crippen LogP contribution in [0.2, 0.25) is 0 Å². The molecular formula is C20H23N3O2S. The number of benzene rings is 2. The zero-order chi connectivity index (χ0) is 19.3. The predicted molar refractivity (Wildman–Crippen MR) is 109 cm³/mol. The number of nitrogens with one attached hydrogen (secondary N) is 3. The molecule has 0 atom stereocenters.